The predicted molar refractivity (Wildman–Crippen MR) is 124 cm³/mol. The lowest BCUT2D eigenvalue weighted by Gasteiger charge is -2.12. The molecular weight excluding hydrogens is 452 g/mol. The van der Waals surface area contributed by atoms with Gasteiger partial charge in [-0.25, -0.2) is 9.97 Å². The van der Waals surface area contributed by atoms with Crippen molar-refractivity contribution < 1.29 is 4.42 Å². The van der Waals surface area contributed by atoms with Gasteiger partial charge in [-0.15, -0.1) is 11.3 Å². The normalized spacial score (nSPS) is 11.3. The summed E-state index contributed by atoms with van der Waals surface area (Å²) in [6.07, 6.45) is 3.35. The molecule has 0 bridgehead atoms. The summed E-state index contributed by atoms with van der Waals surface area (Å²) in [6, 6.07) is 14.5. The van der Waals surface area contributed by atoms with E-state index in [0.29, 0.717) is 39.1 Å². The van der Waals surface area contributed by atoms with Crippen molar-refractivity contribution in [3.05, 3.63) is 93.2 Å². The van der Waals surface area contributed by atoms with E-state index in [1.165, 1.54) is 11.8 Å². The number of nitrogens with zero attached hydrogens (tertiary/aromatic N) is 4. The number of thiazole rings is 1. The van der Waals surface area contributed by atoms with Crippen molar-refractivity contribution >= 4 is 45.6 Å². The first kappa shape index (κ1) is 20.0. The smallest absolute Gasteiger partial charge is 0.262 e. The van der Waals surface area contributed by atoms with Crippen LogP contribution in [0.2, 0.25) is 5.02 Å². The van der Waals surface area contributed by atoms with Crippen LogP contribution in [0.5, 0.6) is 0 Å². The average Bonchev–Trinajstić information content (AvgIpc) is 3.47. The lowest BCUT2D eigenvalue weighted by molar-refractivity contribution is 0.476. The molecule has 6 nitrogen and oxygen atoms in total. The number of fused-ring (bicyclic) bond motifs is 1. The molecule has 0 saturated heterocycles. The van der Waals surface area contributed by atoms with Gasteiger partial charge < -0.3 is 4.42 Å². The third-order valence-corrected chi connectivity index (χ3v) is 6.72. The molecule has 31 heavy (non-hydrogen) atoms. The van der Waals surface area contributed by atoms with Crippen molar-refractivity contribution in [1.29, 1.82) is 0 Å². The van der Waals surface area contributed by atoms with Crippen LogP contribution in [0, 0.1) is 0 Å². The van der Waals surface area contributed by atoms with Crippen LogP contribution in [-0.4, -0.2) is 19.5 Å². The Bertz CT molecular complexity index is 1400. The van der Waals surface area contributed by atoms with Gasteiger partial charge in [0.2, 0.25) is 0 Å². The Hall–Kier alpha value is -2.94. The van der Waals surface area contributed by atoms with Gasteiger partial charge in [-0.05, 0) is 42.5 Å². The molecule has 0 atom stereocenters. The molecule has 0 amide bonds. The molecule has 0 aliphatic carbocycles. The maximum atomic E-state index is 13.2. The summed E-state index contributed by atoms with van der Waals surface area (Å²) in [6.45, 7) is 0.302. The summed E-state index contributed by atoms with van der Waals surface area (Å²) in [7, 11) is 0. The Morgan fingerprint density at radius 3 is 2.87 bits per heavy atom. The Morgan fingerprint density at radius 2 is 2.06 bits per heavy atom. The van der Waals surface area contributed by atoms with Gasteiger partial charge in [0.25, 0.3) is 5.56 Å². The summed E-state index contributed by atoms with van der Waals surface area (Å²) in [5.41, 5.74) is 2.19. The zero-order valence-corrected chi connectivity index (χ0v) is 18.5. The second-order valence-electron chi connectivity index (χ2n) is 6.67. The van der Waals surface area contributed by atoms with Crippen molar-refractivity contribution in [2.24, 2.45) is 0 Å². The maximum absolute atomic E-state index is 13.2. The number of benzene rings is 1. The van der Waals surface area contributed by atoms with Gasteiger partial charge in [0.15, 0.2) is 5.16 Å². The van der Waals surface area contributed by atoms with Crippen LogP contribution in [0.3, 0.4) is 0 Å². The molecular formula is C22H15ClN4O2S2. The Morgan fingerprint density at radius 1 is 1.13 bits per heavy atom. The SMILES string of the molecule is O=c1c2ccc(Cl)cc2nc(SCc2csc(-c3ccccn3)n2)n1Cc1ccco1. The number of rotatable bonds is 6. The van der Waals surface area contributed by atoms with E-state index in [1.807, 2.05) is 29.6 Å². The molecule has 0 saturated carbocycles. The van der Waals surface area contributed by atoms with Crippen LogP contribution in [0.1, 0.15) is 11.5 Å². The minimum absolute atomic E-state index is 0.131. The van der Waals surface area contributed by atoms with Crippen LogP contribution >= 0.6 is 34.7 Å². The molecule has 0 unspecified atom stereocenters. The minimum atomic E-state index is -0.131. The highest BCUT2D eigenvalue weighted by atomic mass is 35.5. The molecule has 1 aromatic carbocycles. The fourth-order valence-corrected chi connectivity index (χ4v) is 5.06. The van der Waals surface area contributed by atoms with E-state index >= 15 is 0 Å². The number of thioether (sulfide) groups is 1. The van der Waals surface area contributed by atoms with E-state index in [4.69, 9.17) is 21.0 Å². The van der Waals surface area contributed by atoms with Gasteiger partial charge >= 0.3 is 0 Å². The molecule has 0 radical (unpaired) electrons. The molecule has 0 fully saturated rings. The number of halogens is 1. The molecule has 5 rings (SSSR count). The minimum Gasteiger partial charge on any atom is -0.467 e. The van der Waals surface area contributed by atoms with Gasteiger partial charge in [0, 0.05) is 22.4 Å². The first-order valence-electron chi connectivity index (χ1n) is 9.38. The summed E-state index contributed by atoms with van der Waals surface area (Å²) >= 11 is 9.13. The molecule has 4 aromatic heterocycles. The monoisotopic (exact) mass is 466 g/mol. The third-order valence-electron chi connectivity index (χ3n) is 4.56. The average molecular weight is 467 g/mol. The molecule has 0 aliphatic heterocycles. The van der Waals surface area contributed by atoms with Crippen LogP contribution in [0.4, 0.5) is 0 Å². The molecule has 154 valence electrons. The largest absolute Gasteiger partial charge is 0.467 e. The lowest BCUT2D eigenvalue weighted by Crippen LogP contribution is -2.23. The van der Waals surface area contributed by atoms with E-state index in [0.717, 1.165) is 16.4 Å². The van der Waals surface area contributed by atoms with E-state index < -0.39 is 0 Å². The van der Waals surface area contributed by atoms with E-state index in [2.05, 4.69) is 9.97 Å². The zero-order valence-electron chi connectivity index (χ0n) is 16.1. The topological polar surface area (TPSA) is 73.8 Å². The van der Waals surface area contributed by atoms with Crippen LogP contribution in [0.25, 0.3) is 21.6 Å². The number of furan rings is 1. The Labute approximate surface area is 190 Å². The molecule has 0 aliphatic rings. The van der Waals surface area contributed by atoms with Crippen molar-refractivity contribution in [2.75, 3.05) is 0 Å². The van der Waals surface area contributed by atoms with Crippen LogP contribution in [0.15, 0.2) is 80.7 Å². The van der Waals surface area contributed by atoms with E-state index in [9.17, 15) is 4.79 Å². The summed E-state index contributed by atoms with van der Waals surface area (Å²) in [5.74, 6) is 1.25. The van der Waals surface area contributed by atoms with E-state index in [-0.39, 0.29) is 5.56 Å². The fraction of sp³-hybridized carbons (Fsp3) is 0.0909. The fourth-order valence-electron chi connectivity index (χ4n) is 3.10. The summed E-state index contributed by atoms with van der Waals surface area (Å²) in [5, 5.41) is 4.51. The van der Waals surface area contributed by atoms with Gasteiger partial charge in [-0.1, -0.05) is 29.4 Å². The van der Waals surface area contributed by atoms with Gasteiger partial charge in [0.05, 0.1) is 35.1 Å². The Balaban J connectivity index is 1.48. The Kier molecular flexibility index (Phi) is 5.59. The number of hydrogen-bond donors (Lipinski definition) is 0. The first-order chi connectivity index (χ1) is 15.2. The number of pyridine rings is 1. The number of hydrogen-bond acceptors (Lipinski definition) is 7. The van der Waals surface area contributed by atoms with Crippen molar-refractivity contribution in [1.82, 2.24) is 19.5 Å². The molecule has 0 spiro atoms. The summed E-state index contributed by atoms with van der Waals surface area (Å²) < 4.78 is 7.09. The van der Waals surface area contributed by atoms with E-state index in [1.54, 1.807) is 52.6 Å². The lowest BCUT2D eigenvalue weighted by atomic mass is 10.2. The zero-order chi connectivity index (χ0) is 21.2. The van der Waals surface area contributed by atoms with Crippen molar-refractivity contribution in [2.45, 2.75) is 17.5 Å². The van der Waals surface area contributed by atoms with Crippen molar-refractivity contribution in [3.63, 3.8) is 0 Å². The van der Waals surface area contributed by atoms with Gasteiger partial charge in [0.1, 0.15) is 10.8 Å². The van der Waals surface area contributed by atoms with Gasteiger partial charge in [-0.3, -0.25) is 14.3 Å². The highest BCUT2D eigenvalue weighted by Crippen LogP contribution is 2.27. The predicted octanol–water partition coefficient (Wildman–Crippen LogP) is 5.50. The molecule has 4 heterocycles. The maximum Gasteiger partial charge on any atom is 0.262 e. The highest BCUT2D eigenvalue weighted by molar-refractivity contribution is 7.98. The molecule has 0 N–H and O–H groups in total. The first-order valence-corrected chi connectivity index (χ1v) is 11.6. The molecule has 9 heteroatoms. The summed E-state index contributed by atoms with van der Waals surface area (Å²) in [4.78, 5) is 26.9. The van der Waals surface area contributed by atoms with Gasteiger partial charge in [-0.2, -0.15) is 0 Å². The molecule has 5 aromatic rings. The third kappa shape index (κ3) is 4.27. The van der Waals surface area contributed by atoms with Crippen LogP contribution in [-0.2, 0) is 12.3 Å². The quantitative estimate of drug-likeness (QED) is 0.243. The van der Waals surface area contributed by atoms with Crippen molar-refractivity contribution in [3.8, 4) is 10.7 Å². The number of aromatic nitrogens is 4. The standard InChI is InChI=1S/C22H15ClN4O2S2/c23-14-6-7-17-19(10-14)26-22(27(21(17)28)11-16-4-3-9-29-16)31-13-15-12-30-20(25-15)18-5-1-2-8-24-18/h1-10,12H,11,13H2. The van der Waals surface area contributed by atoms with Crippen LogP contribution < -0.4 is 5.56 Å². The highest BCUT2D eigenvalue weighted by Gasteiger charge is 2.15. The second kappa shape index (κ2) is 8.66. The second-order valence-corrected chi connectivity index (χ2v) is 8.91.